The Morgan fingerprint density at radius 2 is 1.75 bits per heavy atom. The second kappa shape index (κ2) is 8.92. The normalized spacial score (nSPS) is 13.0. The SMILES string of the molecule is Cc1c(-c2ccc3oc4cc(S(=O)(=O)N[C@H](C(=O)O)C(C)C)ccc4c3c2)cnn1-c1ccccc1. The van der Waals surface area contributed by atoms with Crippen molar-refractivity contribution in [2.24, 2.45) is 5.92 Å². The molecule has 36 heavy (non-hydrogen) atoms. The van der Waals surface area contributed by atoms with Gasteiger partial charge in [-0.1, -0.05) is 38.1 Å². The van der Waals surface area contributed by atoms with Crippen molar-refractivity contribution in [2.75, 3.05) is 0 Å². The van der Waals surface area contributed by atoms with Crippen molar-refractivity contribution in [1.82, 2.24) is 14.5 Å². The Morgan fingerprint density at radius 3 is 2.44 bits per heavy atom. The molecule has 0 spiro atoms. The van der Waals surface area contributed by atoms with Gasteiger partial charge in [0, 0.05) is 28.1 Å². The summed E-state index contributed by atoms with van der Waals surface area (Å²) in [5.41, 5.74) is 4.93. The molecular weight excluding hydrogens is 478 g/mol. The molecule has 2 aromatic heterocycles. The summed E-state index contributed by atoms with van der Waals surface area (Å²) in [5, 5.41) is 15.5. The molecule has 0 fully saturated rings. The first kappa shape index (κ1) is 23.8. The fraction of sp³-hybridized carbons (Fsp3) is 0.185. The van der Waals surface area contributed by atoms with Gasteiger partial charge in [0.25, 0.3) is 0 Å². The van der Waals surface area contributed by atoms with Gasteiger partial charge in [-0.25, -0.2) is 13.1 Å². The zero-order chi connectivity index (χ0) is 25.6. The predicted octanol–water partition coefficient (Wildman–Crippen LogP) is 5.13. The lowest BCUT2D eigenvalue weighted by molar-refractivity contribution is -0.140. The van der Waals surface area contributed by atoms with Crippen molar-refractivity contribution in [3.8, 4) is 16.8 Å². The number of rotatable bonds is 7. The minimum atomic E-state index is -4.06. The molecule has 0 saturated carbocycles. The highest BCUT2D eigenvalue weighted by atomic mass is 32.2. The van der Waals surface area contributed by atoms with E-state index in [0.29, 0.717) is 11.2 Å². The van der Waals surface area contributed by atoms with Gasteiger partial charge in [0.05, 0.1) is 16.8 Å². The summed E-state index contributed by atoms with van der Waals surface area (Å²) in [6.45, 7) is 5.30. The molecule has 2 heterocycles. The van der Waals surface area contributed by atoms with Crippen LogP contribution in [0.5, 0.6) is 0 Å². The lowest BCUT2D eigenvalue weighted by Gasteiger charge is -2.17. The maximum Gasteiger partial charge on any atom is 0.322 e. The second-order valence-corrected chi connectivity index (χ2v) is 10.8. The topological polar surface area (TPSA) is 114 Å². The molecule has 0 aliphatic heterocycles. The van der Waals surface area contributed by atoms with Crippen LogP contribution in [-0.4, -0.2) is 35.3 Å². The number of hydrogen-bond acceptors (Lipinski definition) is 5. The summed E-state index contributed by atoms with van der Waals surface area (Å²) < 4.78 is 35.9. The number of hydrogen-bond donors (Lipinski definition) is 2. The van der Waals surface area contributed by atoms with E-state index in [9.17, 15) is 18.3 Å². The Bertz CT molecular complexity index is 1700. The molecule has 0 saturated heterocycles. The first-order valence-electron chi connectivity index (χ1n) is 11.5. The van der Waals surface area contributed by atoms with Crippen molar-refractivity contribution < 1.29 is 22.7 Å². The Morgan fingerprint density at radius 1 is 1.00 bits per heavy atom. The predicted molar refractivity (Wildman–Crippen MR) is 138 cm³/mol. The van der Waals surface area contributed by atoms with E-state index in [0.717, 1.165) is 33.3 Å². The number of nitrogens with zero attached hydrogens (tertiary/aromatic N) is 2. The number of carboxylic acids is 1. The lowest BCUT2D eigenvalue weighted by Crippen LogP contribution is -2.44. The van der Waals surface area contributed by atoms with E-state index in [1.807, 2.05) is 66.3 Å². The van der Waals surface area contributed by atoms with Gasteiger partial charge in [0.1, 0.15) is 17.2 Å². The van der Waals surface area contributed by atoms with E-state index in [2.05, 4.69) is 9.82 Å². The van der Waals surface area contributed by atoms with E-state index in [1.165, 1.54) is 12.1 Å². The van der Waals surface area contributed by atoms with Crippen LogP contribution < -0.4 is 4.72 Å². The Kier molecular flexibility index (Phi) is 5.89. The molecular formula is C27H25N3O5S. The van der Waals surface area contributed by atoms with E-state index in [1.54, 1.807) is 19.9 Å². The quantitative estimate of drug-likeness (QED) is 0.318. The van der Waals surface area contributed by atoms with Crippen molar-refractivity contribution in [3.63, 3.8) is 0 Å². The van der Waals surface area contributed by atoms with Gasteiger partial charge in [-0.3, -0.25) is 4.79 Å². The molecule has 0 amide bonds. The smallest absolute Gasteiger partial charge is 0.322 e. The minimum absolute atomic E-state index is 0.0545. The summed E-state index contributed by atoms with van der Waals surface area (Å²) in [6, 6.07) is 19.0. The summed E-state index contributed by atoms with van der Waals surface area (Å²) in [6.07, 6.45) is 1.83. The van der Waals surface area contributed by atoms with Gasteiger partial charge in [0.15, 0.2) is 0 Å². The molecule has 184 valence electrons. The van der Waals surface area contributed by atoms with Crippen LogP contribution in [0.1, 0.15) is 19.5 Å². The molecule has 0 radical (unpaired) electrons. The molecule has 8 nitrogen and oxygen atoms in total. The largest absolute Gasteiger partial charge is 0.480 e. The molecule has 5 rings (SSSR count). The second-order valence-electron chi connectivity index (χ2n) is 9.04. The Balaban J connectivity index is 1.53. The van der Waals surface area contributed by atoms with E-state index < -0.39 is 28.0 Å². The number of fused-ring (bicyclic) bond motifs is 3. The average Bonchev–Trinajstić information content (AvgIpc) is 3.42. The van der Waals surface area contributed by atoms with Gasteiger partial charge >= 0.3 is 5.97 Å². The monoisotopic (exact) mass is 503 g/mol. The molecule has 0 aliphatic rings. The molecule has 3 aromatic carbocycles. The van der Waals surface area contributed by atoms with Crippen LogP contribution in [0.4, 0.5) is 0 Å². The van der Waals surface area contributed by atoms with Crippen LogP contribution in [0.2, 0.25) is 0 Å². The summed E-state index contributed by atoms with van der Waals surface area (Å²) >= 11 is 0. The van der Waals surface area contributed by atoms with Gasteiger partial charge in [-0.2, -0.15) is 9.82 Å². The van der Waals surface area contributed by atoms with Crippen LogP contribution in [0.15, 0.2) is 82.2 Å². The molecule has 5 aromatic rings. The number of nitrogens with one attached hydrogen (secondary N) is 1. The highest BCUT2D eigenvalue weighted by Gasteiger charge is 2.28. The third kappa shape index (κ3) is 4.16. The van der Waals surface area contributed by atoms with Crippen LogP contribution in [0.3, 0.4) is 0 Å². The zero-order valence-electron chi connectivity index (χ0n) is 20.0. The van der Waals surface area contributed by atoms with Crippen LogP contribution in [0.25, 0.3) is 38.8 Å². The number of aliphatic carboxylic acids is 1. The Labute approximate surface area is 208 Å². The highest BCUT2D eigenvalue weighted by Crippen LogP contribution is 2.34. The van der Waals surface area contributed by atoms with Crippen LogP contribution >= 0.6 is 0 Å². The fourth-order valence-electron chi connectivity index (χ4n) is 4.32. The highest BCUT2D eigenvalue weighted by molar-refractivity contribution is 7.89. The van der Waals surface area contributed by atoms with Crippen LogP contribution in [0, 0.1) is 12.8 Å². The number of carbonyl (C=O) groups is 1. The third-order valence-corrected chi connectivity index (χ3v) is 7.73. The third-order valence-electron chi connectivity index (χ3n) is 6.29. The lowest BCUT2D eigenvalue weighted by atomic mass is 10.0. The van der Waals surface area contributed by atoms with E-state index in [4.69, 9.17) is 4.42 Å². The number of sulfonamides is 1. The number of furan rings is 1. The van der Waals surface area contributed by atoms with Gasteiger partial charge in [-0.15, -0.1) is 0 Å². The van der Waals surface area contributed by atoms with E-state index in [-0.39, 0.29) is 4.90 Å². The number of carboxylic acid groups (broad SMARTS) is 1. The average molecular weight is 504 g/mol. The number of benzene rings is 3. The number of para-hydroxylation sites is 1. The van der Waals surface area contributed by atoms with Gasteiger partial charge in [0.2, 0.25) is 10.0 Å². The first-order chi connectivity index (χ1) is 17.2. The maximum atomic E-state index is 12.9. The first-order valence-corrected chi connectivity index (χ1v) is 13.0. The minimum Gasteiger partial charge on any atom is -0.480 e. The molecule has 9 heteroatoms. The molecule has 2 N–H and O–H groups in total. The fourth-order valence-corrected chi connectivity index (χ4v) is 5.67. The van der Waals surface area contributed by atoms with Gasteiger partial charge in [-0.05, 0) is 54.8 Å². The van der Waals surface area contributed by atoms with Crippen LogP contribution in [-0.2, 0) is 14.8 Å². The molecule has 1 atom stereocenters. The summed E-state index contributed by atoms with van der Waals surface area (Å²) in [4.78, 5) is 11.4. The van der Waals surface area contributed by atoms with Crippen molar-refractivity contribution >= 4 is 37.9 Å². The van der Waals surface area contributed by atoms with Crippen molar-refractivity contribution in [1.29, 1.82) is 0 Å². The van der Waals surface area contributed by atoms with Crippen molar-refractivity contribution in [2.45, 2.75) is 31.7 Å². The zero-order valence-corrected chi connectivity index (χ0v) is 20.8. The number of aromatic nitrogens is 2. The van der Waals surface area contributed by atoms with Gasteiger partial charge < -0.3 is 9.52 Å². The molecule has 0 aliphatic carbocycles. The summed E-state index contributed by atoms with van der Waals surface area (Å²) in [7, 11) is -4.06. The van der Waals surface area contributed by atoms with E-state index >= 15 is 0 Å². The Hall–Kier alpha value is -3.95. The van der Waals surface area contributed by atoms with Crippen molar-refractivity contribution in [3.05, 3.63) is 78.6 Å². The summed E-state index contributed by atoms with van der Waals surface area (Å²) in [5.74, 6) is -1.64. The maximum absolute atomic E-state index is 12.9. The molecule has 0 bridgehead atoms. The standard InChI is InChI=1S/C27H25N3O5S/c1-16(2)26(27(31)32)29-36(33,34)20-10-11-21-22-13-18(9-12-24(22)35-25(21)14-20)23-15-28-30(17(23)3)19-7-5-4-6-8-19/h4-16,26,29H,1-3H3,(H,31,32)/t26-/m0/s1. The molecule has 0 unspecified atom stereocenters.